The fourth-order valence-electron chi connectivity index (χ4n) is 3.83. The number of aromatic nitrogens is 3. The summed E-state index contributed by atoms with van der Waals surface area (Å²) >= 11 is 1.81. The highest BCUT2D eigenvalue weighted by Crippen LogP contribution is 2.31. The molecule has 0 radical (unpaired) electrons. The summed E-state index contributed by atoms with van der Waals surface area (Å²) in [5.74, 6) is 0.865. The van der Waals surface area contributed by atoms with Gasteiger partial charge in [0.1, 0.15) is 5.01 Å². The van der Waals surface area contributed by atoms with Crippen molar-refractivity contribution in [2.24, 2.45) is 0 Å². The van der Waals surface area contributed by atoms with E-state index in [1.54, 1.807) is 0 Å². The van der Waals surface area contributed by atoms with Gasteiger partial charge in [-0.15, -0.1) is 11.3 Å². The van der Waals surface area contributed by atoms with Gasteiger partial charge in [-0.3, -0.25) is 0 Å². The lowest BCUT2D eigenvalue weighted by Gasteiger charge is -2.26. The van der Waals surface area contributed by atoms with Crippen LogP contribution >= 0.6 is 11.3 Å². The molecule has 0 spiro atoms. The Morgan fingerprint density at radius 2 is 1.65 bits per heavy atom. The number of anilines is 1. The first-order chi connectivity index (χ1) is 12.9. The van der Waals surface area contributed by atoms with Gasteiger partial charge in [0.25, 0.3) is 0 Å². The van der Waals surface area contributed by atoms with Gasteiger partial charge < -0.3 is 9.80 Å². The van der Waals surface area contributed by atoms with Crippen molar-refractivity contribution in [3.8, 4) is 10.6 Å². The Kier molecular flexibility index (Phi) is 4.21. The van der Waals surface area contributed by atoms with Crippen LogP contribution in [-0.4, -0.2) is 46.0 Å². The van der Waals surface area contributed by atoms with Gasteiger partial charge in [0.2, 0.25) is 5.95 Å². The van der Waals surface area contributed by atoms with Crippen LogP contribution in [0.25, 0.3) is 10.6 Å². The third-order valence-electron chi connectivity index (χ3n) is 5.43. The second kappa shape index (κ2) is 6.83. The zero-order valence-corrected chi connectivity index (χ0v) is 15.7. The molecule has 5 nitrogen and oxygen atoms in total. The van der Waals surface area contributed by atoms with Gasteiger partial charge in [0.15, 0.2) is 0 Å². The molecule has 0 unspecified atom stereocenters. The SMILES string of the molecule is C1=CC(N2CCc3nc(-c4cnc(N5CCCCC5)nc4)sc3CC2)=C1. The molecular formula is C20H23N5S. The van der Waals surface area contributed by atoms with Gasteiger partial charge in [-0.2, -0.15) is 0 Å². The molecule has 1 saturated heterocycles. The van der Waals surface area contributed by atoms with Gasteiger partial charge in [0.05, 0.1) is 5.69 Å². The second-order valence-corrected chi connectivity index (χ2v) is 8.23. The zero-order chi connectivity index (χ0) is 17.3. The number of thiazole rings is 1. The Bertz CT molecular complexity index is 820. The molecular weight excluding hydrogens is 342 g/mol. The fourth-order valence-corrected chi connectivity index (χ4v) is 4.90. The van der Waals surface area contributed by atoms with E-state index in [4.69, 9.17) is 4.98 Å². The summed E-state index contributed by atoms with van der Waals surface area (Å²) < 4.78 is 0. The number of nitrogens with zero attached hydrogens (tertiary/aromatic N) is 5. The molecule has 0 aromatic carbocycles. The molecule has 4 heterocycles. The molecule has 0 N–H and O–H groups in total. The Morgan fingerprint density at radius 3 is 2.38 bits per heavy atom. The molecule has 6 heteroatoms. The van der Waals surface area contributed by atoms with E-state index < -0.39 is 0 Å². The van der Waals surface area contributed by atoms with Crippen LogP contribution in [0.1, 0.15) is 29.8 Å². The number of hydrogen-bond donors (Lipinski definition) is 0. The minimum absolute atomic E-state index is 0.865. The van der Waals surface area contributed by atoms with Crippen LogP contribution in [0, 0.1) is 0 Å². The van der Waals surface area contributed by atoms with Crippen LogP contribution < -0.4 is 4.90 Å². The number of hydrogen-bond acceptors (Lipinski definition) is 6. The molecule has 2 aliphatic heterocycles. The van der Waals surface area contributed by atoms with Crippen molar-refractivity contribution in [2.75, 3.05) is 31.1 Å². The summed E-state index contributed by atoms with van der Waals surface area (Å²) in [5, 5.41) is 1.07. The largest absolute Gasteiger partial charge is 0.371 e. The number of allylic oxidation sites excluding steroid dienone is 3. The van der Waals surface area contributed by atoms with Crippen molar-refractivity contribution in [3.63, 3.8) is 0 Å². The van der Waals surface area contributed by atoms with Crippen LogP contribution in [0.5, 0.6) is 0 Å². The Balaban J connectivity index is 1.31. The molecule has 0 atom stereocenters. The van der Waals surface area contributed by atoms with Crippen molar-refractivity contribution >= 4 is 17.3 Å². The maximum Gasteiger partial charge on any atom is 0.225 e. The van der Waals surface area contributed by atoms with Crippen molar-refractivity contribution in [3.05, 3.63) is 46.9 Å². The first-order valence-electron chi connectivity index (χ1n) is 9.56. The van der Waals surface area contributed by atoms with Crippen molar-refractivity contribution in [2.45, 2.75) is 32.1 Å². The molecule has 2 aromatic heterocycles. The molecule has 26 heavy (non-hydrogen) atoms. The summed E-state index contributed by atoms with van der Waals surface area (Å²) in [6, 6.07) is 0. The molecule has 0 saturated carbocycles. The van der Waals surface area contributed by atoms with E-state index in [-0.39, 0.29) is 0 Å². The Labute approximate surface area is 158 Å². The van der Waals surface area contributed by atoms with Crippen molar-refractivity contribution < 1.29 is 0 Å². The smallest absolute Gasteiger partial charge is 0.225 e. The average Bonchev–Trinajstić information content (AvgIpc) is 2.97. The summed E-state index contributed by atoms with van der Waals surface area (Å²) in [6.45, 7) is 4.28. The number of fused-ring (bicyclic) bond motifs is 1. The minimum atomic E-state index is 0.865. The number of rotatable bonds is 3. The van der Waals surface area contributed by atoms with Gasteiger partial charge >= 0.3 is 0 Å². The molecule has 2 aromatic rings. The van der Waals surface area contributed by atoms with E-state index in [9.17, 15) is 0 Å². The molecule has 3 aliphatic rings. The highest BCUT2D eigenvalue weighted by Gasteiger charge is 2.21. The maximum atomic E-state index is 4.92. The lowest BCUT2D eigenvalue weighted by Crippen LogP contribution is -2.30. The molecule has 134 valence electrons. The fraction of sp³-hybridized carbons (Fsp3) is 0.450. The van der Waals surface area contributed by atoms with Crippen molar-refractivity contribution in [1.82, 2.24) is 19.9 Å². The standard InChI is InChI=1S/C20H23N5S/c1-2-9-25(10-3-1)20-21-13-15(14-22-20)19-23-17-7-11-24(16-5-4-6-16)12-8-18(17)26-19/h4-6,13-14H,1-3,7-12H2. The molecule has 1 aliphatic carbocycles. The summed E-state index contributed by atoms with van der Waals surface area (Å²) in [7, 11) is 0. The third-order valence-corrected chi connectivity index (χ3v) is 6.64. The number of piperidine rings is 1. The van der Waals surface area contributed by atoms with Gasteiger partial charge in [-0.1, -0.05) is 6.08 Å². The van der Waals surface area contributed by atoms with Crippen LogP contribution in [0.4, 0.5) is 5.95 Å². The summed E-state index contributed by atoms with van der Waals surface area (Å²) in [5.41, 5.74) is 3.67. The van der Waals surface area contributed by atoms with E-state index in [2.05, 4.69) is 38.0 Å². The van der Waals surface area contributed by atoms with E-state index in [1.807, 2.05) is 23.7 Å². The molecule has 0 amide bonds. The average molecular weight is 366 g/mol. The van der Waals surface area contributed by atoms with E-state index >= 15 is 0 Å². The lowest BCUT2D eigenvalue weighted by molar-refractivity contribution is 0.369. The zero-order valence-electron chi connectivity index (χ0n) is 14.9. The van der Waals surface area contributed by atoms with Gasteiger partial charge in [-0.05, 0) is 31.4 Å². The highest BCUT2D eigenvalue weighted by atomic mass is 32.1. The Morgan fingerprint density at radius 1 is 0.885 bits per heavy atom. The predicted molar refractivity (Wildman–Crippen MR) is 105 cm³/mol. The predicted octanol–water partition coefficient (Wildman–Crippen LogP) is 3.44. The molecule has 5 rings (SSSR count). The van der Waals surface area contributed by atoms with E-state index in [0.717, 1.165) is 55.5 Å². The van der Waals surface area contributed by atoms with Crippen LogP contribution in [0.2, 0.25) is 0 Å². The summed E-state index contributed by atoms with van der Waals surface area (Å²) in [6.07, 6.45) is 16.3. The van der Waals surface area contributed by atoms with Crippen LogP contribution in [0.3, 0.4) is 0 Å². The molecule has 1 fully saturated rings. The first-order valence-corrected chi connectivity index (χ1v) is 10.4. The van der Waals surface area contributed by atoms with Gasteiger partial charge in [0, 0.05) is 67.6 Å². The van der Waals surface area contributed by atoms with Crippen molar-refractivity contribution in [1.29, 1.82) is 0 Å². The quantitative estimate of drug-likeness (QED) is 0.834. The monoisotopic (exact) mass is 365 g/mol. The van der Waals surface area contributed by atoms with Gasteiger partial charge in [-0.25, -0.2) is 15.0 Å². The maximum absolute atomic E-state index is 4.92. The minimum Gasteiger partial charge on any atom is -0.371 e. The molecule has 0 bridgehead atoms. The lowest BCUT2D eigenvalue weighted by atomic mass is 10.1. The van der Waals surface area contributed by atoms with E-state index in [0.29, 0.717) is 0 Å². The summed E-state index contributed by atoms with van der Waals surface area (Å²) in [4.78, 5) is 20.3. The van der Waals surface area contributed by atoms with Crippen LogP contribution in [0.15, 0.2) is 36.3 Å². The first kappa shape index (κ1) is 16.0. The van der Waals surface area contributed by atoms with E-state index in [1.165, 1.54) is 35.5 Å². The normalized spacial score (nSPS) is 19.6. The Hall–Kier alpha value is -2.21. The van der Waals surface area contributed by atoms with Crippen LogP contribution in [-0.2, 0) is 12.8 Å². The highest BCUT2D eigenvalue weighted by molar-refractivity contribution is 7.15. The second-order valence-electron chi connectivity index (χ2n) is 7.15. The third kappa shape index (κ3) is 3.03. The topological polar surface area (TPSA) is 45.2 Å².